The van der Waals surface area contributed by atoms with Crippen LogP contribution in [0, 0.1) is 0 Å². The van der Waals surface area contributed by atoms with Crippen molar-refractivity contribution in [3.8, 4) is 0 Å². The number of aryl methyl sites for hydroxylation is 1. The molecule has 43 heavy (non-hydrogen) atoms. The summed E-state index contributed by atoms with van der Waals surface area (Å²) in [5, 5.41) is 24.3. The van der Waals surface area contributed by atoms with E-state index in [9.17, 15) is 19.5 Å². The summed E-state index contributed by atoms with van der Waals surface area (Å²) in [5.41, 5.74) is 2.40. The second-order valence-corrected chi connectivity index (χ2v) is 11.2. The van der Waals surface area contributed by atoms with Crippen LogP contribution < -0.4 is 10.6 Å². The second-order valence-electron chi connectivity index (χ2n) is 11.2. The Kier molecular flexibility index (Phi) is 11.2. The van der Waals surface area contributed by atoms with Crippen LogP contribution in [0.3, 0.4) is 0 Å². The van der Waals surface area contributed by atoms with Crippen molar-refractivity contribution in [2.75, 3.05) is 52.7 Å². The molecule has 0 spiro atoms. The molecule has 2 aliphatic rings. The molecule has 3 aromatic rings. The van der Waals surface area contributed by atoms with Crippen LogP contribution in [0.15, 0.2) is 66.9 Å². The number of benzene rings is 2. The van der Waals surface area contributed by atoms with Crippen molar-refractivity contribution < 1.29 is 24.6 Å². The van der Waals surface area contributed by atoms with Gasteiger partial charge in [0.1, 0.15) is 18.2 Å². The van der Waals surface area contributed by atoms with Crippen LogP contribution >= 0.6 is 0 Å². The summed E-state index contributed by atoms with van der Waals surface area (Å²) in [6, 6.07) is 17.5. The predicted octanol–water partition coefficient (Wildman–Crippen LogP) is 1.11. The van der Waals surface area contributed by atoms with Gasteiger partial charge in [-0.05, 0) is 51.1 Å². The molecule has 2 fully saturated rings. The number of amides is 3. The molecule has 0 radical (unpaired) electrons. The van der Waals surface area contributed by atoms with Crippen molar-refractivity contribution in [3.05, 3.63) is 72.4 Å². The van der Waals surface area contributed by atoms with Crippen LogP contribution in [0.2, 0.25) is 0 Å². The Bertz CT molecular complexity index is 1390. The summed E-state index contributed by atoms with van der Waals surface area (Å²) in [7, 11) is 4.90. The highest BCUT2D eigenvalue weighted by atomic mass is 16.3. The first-order valence-corrected chi connectivity index (χ1v) is 14.6. The Labute approximate surface area is 252 Å². The summed E-state index contributed by atoms with van der Waals surface area (Å²) in [6.45, 7) is 2.36. The number of carbonyl (C=O) groups excluding carboxylic acids is 3. The minimum atomic E-state index is -1.19. The lowest BCUT2D eigenvalue weighted by Crippen LogP contribution is -2.59. The number of likely N-dealkylation sites (tertiary alicyclic amines) is 1. The maximum absolute atomic E-state index is 13.8. The SMILES string of the molecule is CN1CCN(C)C(C(=O)N2C[C@H](NC(=O)[C@H](O)CCc3ccccc3)C[C@H]2C(=O)Nc2cnc3ccccc3c2)C1.CO. The van der Waals surface area contributed by atoms with Gasteiger partial charge in [0.15, 0.2) is 0 Å². The van der Waals surface area contributed by atoms with E-state index in [0.717, 1.165) is 36.7 Å². The van der Waals surface area contributed by atoms with Gasteiger partial charge in [-0.3, -0.25) is 24.3 Å². The molecule has 2 aliphatic heterocycles. The number of rotatable bonds is 8. The number of pyridine rings is 1. The molecule has 3 amide bonds. The smallest absolute Gasteiger partial charge is 0.249 e. The molecular formula is C32H42N6O5. The lowest BCUT2D eigenvalue weighted by atomic mass is 10.1. The molecule has 11 nitrogen and oxygen atoms in total. The van der Waals surface area contributed by atoms with Gasteiger partial charge in [0.2, 0.25) is 17.7 Å². The van der Waals surface area contributed by atoms with Gasteiger partial charge in [0, 0.05) is 44.7 Å². The monoisotopic (exact) mass is 590 g/mol. The standard InChI is InChI=1S/C31H38N6O4.CH4O/c1-35-14-15-36(2)27(20-35)31(41)37-19-24(34-30(40)28(38)13-12-21-8-4-3-5-9-21)17-26(37)29(39)33-23-16-22-10-6-7-11-25(22)32-18-23;1-2/h3-11,16,18,24,26-28,38H,12-15,17,19-20H2,1-2H3,(H,33,39)(H,34,40);2H,1H3/t24-,26+,27?,28-;/m1./s1. The minimum absolute atomic E-state index is 0.141. The van der Waals surface area contributed by atoms with E-state index in [1.807, 2.05) is 79.7 Å². The van der Waals surface area contributed by atoms with Gasteiger partial charge in [-0.2, -0.15) is 0 Å². The zero-order valence-corrected chi connectivity index (χ0v) is 25.0. The van der Waals surface area contributed by atoms with Gasteiger partial charge >= 0.3 is 0 Å². The number of hydrogen-bond donors (Lipinski definition) is 4. The van der Waals surface area contributed by atoms with Crippen molar-refractivity contribution >= 4 is 34.3 Å². The first-order valence-electron chi connectivity index (χ1n) is 14.6. The van der Waals surface area contributed by atoms with Gasteiger partial charge in [-0.15, -0.1) is 0 Å². The van der Waals surface area contributed by atoms with Gasteiger partial charge in [0.25, 0.3) is 0 Å². The van der Waals surface area contributed by atoms with Gasteiger partial charge in [-0.25, -0.2) is 0 Å². The Hall–Kier alpha value is -3.90. The van der Waals surface area contributed by atoms with Crippen LogP contribution in [0.25, 0.3) is 10.9 Å². The number of nitrogens with one attached hydrogen (secondary N) is 2. The Balaban J connectivity index is 0.00000207. The van der Waals surface area contributed by atoms with E-state index in [1.165, 1.54) is 0 Å². The van der Waals surface area contributed by atoms with Crippen molar-refractivity contribution in [1.82, 2.24) is 25.0 Å². The third-order valence-electron chi connectivity index (χ3n) is 8.08. The van der Waals surface area contributed by atoms with Gasteiger partial charge < -0.3 is 30.6 Å². The molecule has 0 aliphatic carbocycles. The predicted molar refractivity (Wildman–Crippen MR) is 165 cm³/mol. The average molecular weight is 591 g/mol. The fraction of sp³-hybridized carbons (Fsp3) is 0.438. The quantitative estimate of drug-likeness (QED) is 0.306. The van der Waals surface area contributed by atoms with Crippen LogP contribution in [-0.4, -0.2) is 119 Å². The molecule has 2 aromatic carbocycles. The molecule has 1 aromatic heterocycles. The summed E-state index contributed by atoms with van der Waals surface area (Å²) in [4.78, 5) is 50.5. The number of fused-ring (bicyclic) bond motifs is 1. The second kappa shape index (κ2) is 15.0. The Morgan fingerprint density at radius 2 is 1.70 bits per heavy atom. The zero-order chi connectivity index (χ0) is 30.9. The zero-order valence-electron chi connectivity index (χ0n) is 25.0. The molecule has 1 unspecified atom stereocenters. The number of piperazine rings is 1. The number of carbonyl (C=O) groups is 3. The third-order valence-corrected chi connectivity index (χ3v) is 8.08. The number of anilines is 1. The number of nitrogens with zero attached hydrogens (tertiary/aromatic N) is 4. The summed E-state index contributed by atoms with van der Waals surface area (Å²) in [5.74, 6) is -0.964. The fourth-order valence-corrected chi connectivity index (χ4v) is 5.64. The van der Waals surface area contributed by atoms with Crippen LogP contribution in [0.4, 0.5) is 5.69 Å². The molecule has 3 heterocycles. The van der Waals surface area contributed by atoms with Crippen molar-refractivity contribution in [2.24, 2.45) is 0 Å². The molecule has 5 rings (SSSR count). The Morgan fingerprint density at radius 3 is 2.47 bits per heavy atom. The number of para-hydroxylation sites is 1. The average Bonchev–Trinajstić information content (AvgIpc) is 3.46. The molecule has 11 heteroatoms. The highest BCUT2D eigenvalue weighted by Crippen LogP contribution is 2.24. The number of aliphatic hydroxyl groups is 2. The first kappa shape index (κ1) is 32.0. The molecule has 4 atom stereocenters. The van der Waals surface area contributed by atoms with Crippen molar-refractivity contribution in [3.63, 3.8) is 0 Å². The van der Waals surface area contributed by atoms with Crippen molar-refractivity contribution in [1.29, 1.82) is 0 Å². The molecule has 4 N–H and O–H groups in total. The third kappa shape index (κ3) is 8.14. The van der Waals surface area contributed by atoms with E-state index < -0.39 is 30.1 Å². The van der Waals surface area contributed by atoms with E-state index in [2.05, 4.69) is 20.5 Å². The molecule has 2 saturated heterocycles. The van der Waals surface area contributed by atoms with E-state index in [-0.39, 0.29) is 31.2 Å². The maximum Gasteiger partial charge on any atom is 0.249 e. The molecule has 0 bridgehead atoms. The maximum atomic E-state index is 13.8. The molecule has 230 valence electrons. The number of aliphatic hydroxyl groups excluding tert-OH is 2. The first-order chi connectivity index (χ1) is 20.8. The Morgan fingerprint density at radius 1 is 0.977 bits per heavy atom. The van der Waals surface area contributed by atoms with Crippen LogP contribution in [-0.2, 0) is 20.8 Å². The fourth-order valence-electron chi connectivity index (χ4n) is 5.64. The van der Waals surface area contributed by atoms with Crippen LogP contribution in [0.1, 0.15) is 18.4 Å². The summed E-state index contributed by atoms with van der Waals surface area (Å²) in [6.07, 6.45) is 1.52. The number of aromatic nitrogens is 1. The lowest BCUT2D eigenvalue weighted by molar-refractivity contribution is -0.142. The molecular weight excluding hydrogens is 548 g/mol. The number of likely N-dealkylation sites (N-methyl/N-ethyl adjacent to an activating group) is 2. The number of hydrogen-bond acceptors (Lipinski definition) is 8. The van der Waals surface area contributed by atoms with Gasteiger partial charge in [0.05, 0.1) is 17.4 Å². The van der Waals surface area contributed by atoms with Crippen LogP contribution in [0.5, 0.6) is 0 Å². The topological polar surface area (TPSA) is 138 Å². The highest BCUT2D eigenvalue weighted by Gasteiger charge is 2.44. The van der Waals surface area contributed by atoms with E-state index in [4.69, 9.17) is 5.11 Å². The highest BCUT2D eigenvalue weighted by molar-refractivity contribution is 5.99. The summed E-state index contributed by atoms with van der Waals surface area (Å²) >= 11 is 0. The lowest BCUT2D eigenvalue weighted by Gasteiger charge is -2.39. The largest absolute Gasteiger partial charge is 0.400 e. The van der Waals surface area contributed by atoms with E-state index in [1.54, 1.807) is 11.1 Å². The summed E-state index contributed by atoms with van der Waals surface area (Å²) < 4.78 is 0. The van der Waals surface area contributed by atoms with Gasteiger partial charge in [-0.1, -0.05) is 48.5 Å². The molecule has 0 saturated carbocycles. The van der Waals surface area contributed by atoms with E-state index >= 15 is 0 Å². The van der Waals surface area contributed by atoms with Crippen molar-refractivity contribution in [2.45, 2.75) is 43.5 Å². The normalized spacial score (nSPS) is 21.5. The minimum Gasteiger partial charge on any atom is -0.400 e. The van der Waals surface area contributed by atoms with E-state index in [0.29, 0.717) is 18.7 Å².